The first kappa shape index (κ1) is 21.0. The topological polar surface area (TPSA) is 73.6 Å². The predicted octanol–water partition coefficient (Wildman–Crippen LogP) is 6.23. The summed E-state index contributed by atoms with van der Waals surface area (Å²) in [4.78, 5) is 15.1. The maximum atomic E-state index is 11.8. The number of anilines is 2. The quantitative estimate of drug-likeness (QED) is 0.520. The number of para-hydroxylation sites is 1. The number of carboxylic acid groups (broad SMARTS) is 1. The molecule has 31 heavy (non-hydrogen) atoms. The number of amides is 1. The fraction of sp³-hybridized carbons (Fsp3) is 0.200. The highest BCUT2D eigenvalue weighted by atomic mass is 32.2. The molecule has 1 amide bonds. The summed E-state index contributed by atoms with van der Waals surface area (Å²) in [7, 11) is 0. The van der Waals surface area contributed by atoms with Gasteiger partial charge in [0.05, 0.1) is 22.9 Å². The molecule has 3 aromatic carbocycles. The molecule has 0 aliphatic carbocycles. The molecule has 0 unspecified atom stereocenters. The first-order chi connectivity index (χ1) is 15.1. The molecule has 1 fully saturated rings. The van der Waals surface area contributed by atoms with Crippen molar-refractivity contribution in [2.75, 3.05) is 18.1 Å². The molecule has 1 aliphatic rings. The number of benzene rings is 3. The summed E-state index contributed by atoms with van der Waals surface area (Å²) in [6, 6.07) is 27.1. The van der Waals surface area contributed by atoms with E-state index in [0.717, 1.165) is 15.4 Å². The second-order valence-corrected chi connectivity index (χ2v) is 8.53. The number of rotatable bonds is 5. The van der Waals surface area contributed by atoms with Gasteiger partial charge in [0.2, 0.25) is 0 Å². The Bertz CT molecular complexity index is 1090. The highest BCUT2D eigenvalue weighted by Crippen LogP contribution is 2.38. The molecule has 4 rings (SSSR count). The van der Waals surface area contributed by atoms with Crippen LogP contribution in [0.15, 0.2) is 88.7 Å². The Morgan fingerprint density at radius 1 is 0.935 bits per heavy atom. The van der Waals surface area contributed by atoms with E-state index in [1.165, 1.54) is 4.90 Å². The molecule has 0 radical (unpaired) electrons. The second-order valence-electron chi connectivity index (χ2n) is 7.38. The van der Waals surface area contributed by atoms with Crippen molar-refractivity contribution in [1.82, 2.24) is 0 Å². The Labute approximate surface area is 185 Å². The Morgan fingerprint density at radius 2 is 1.61 bits per heavy atom. The van der Waals surface area contributed by atoms with Crippen molar-refractivity contribution in [2.45, 2.75) is 28.0 Å². The van der Waals surface area contributed by atoms with Crippen LogP contribution in [-0.2, 0) is 10.2 Å². The number of nitrogens with zero attached hydrogens (tertiary/aromatic N) is 2. The zero-order chi connectivity index (χ0) is 21.7. The number of hydrogen-bond donors (Lipinski definition) is 1. The van der Waals surface area contributed by atoms with Crippen LogP contribution in [0, 0.1) is 11.3 Å². The molecular formula is C25H22N2O3S. The SMILES string of the molecule is N#CC1(c2cccc(Sc3ccc(N(C(=O)O)c4ccccc4)cc3)c2)CCOCC1. The predicted molar refractivity (Wildman–Crippen MR) is 121 cm³/mol. The maximum Gasteiger partial charge on any atom is 0.416 e. The van der Waals surface area contributed by atoms with Crippen LogP contribution in [0.25, 0.3) is 0 Å². The highest BCUT2D eigenvalue weighted by Gasteiger charge is 2.34. The van der Waals surface area contributed by atoms with E-state index in [4.69, 9.17) is 4.74 Å². The lowest BCUT2D eigenvalue weighted by Crippen LogP contribution is -2.32. The van der Waals surface area contributed by atoms with Crippen LogP contribution in [0.3, 0.4) is 0 Å². The fourth-order valence-corrected chi connectivity index (χ4v) is 4.67. The standard InChI is InChI=1S/C25H22N2O3S/c26-18-25(13-15-30-16-14-25)19-5-4-8-23(17-19)31-22-11-9-21(10-12-22)27(24(28)29)20-6-2-1-3-7-20/h1-12,17H,13-16H2,(H,28,29). The van der Waals surface area contributed by atoms with Gasteiger partial charge in [0.25, 0.3) is 0 Å². The van der Waals surface area contributed by atoms with Gasteiger partial charge in [0.1, 0.15) is 0 Å². The smallest absolute Gasteiger partial charge is 0.416 e. The van der Waals surface area contributed by atoms with E-state index in [0.29, 0.717) is 37.4 Å². The van der Waals surface area contributed by atoms with Crippen molar-refractivity contribution in [1.29, 1.82) is 5.26 Å². The first-order valence-electron chi connectivity index (χ1n) is 10.1. The minimum absolute atomic E-state index is 0.490. The zero-order valence-electron chi connectivity index (χ0n) is 16.9. The Hall–Kier alpha value is -3.27. The minimum Gasteiger partial charge on any atom is -0.464 e. The molecule has 156 valence electrons. The molecule has 0 bridgehead atoms. The molecule has 6 heteroatoms. The van der Waals surface area contributed by atoms with Gasteiger partial charge in [0, 0.05) is 23.0 Å². The summed E-state index contributed by atoms with van der Waals surface area (Å²) in [5.74, 6) is 0. The molecule has 3 aromatic rings. The van der Waals surface area contributed by atoms with Crippen molar-refractivity contribution >= 4 is 29.2 Å². The molecule has 0 aromatic heterocycles. The van der Waals surface area contributed by atoms with Gasteiger partial charge in [-0.3, -0.25) is 0 Å². The van der Waals surface area contributed by atoms with Crippen LogP contribution in [-0.4, -0.2) is 24.4 Å². The van der Waals surface area contributed by atoms with E-state index in [1.54, 1.807) is 23.9 Å². The van der Waals surface area contributed by atoms with Gasteiger partial charge in [-0.05, 0) is 66.9 Å². The minimum atomic E-state index is -1.03. The maximum absolute atomic E-state index is 11.8. The summed E-state index contributed by atoms with van der Waals surface area (Å²) in [6.07, 6.45) is 0.380. The van der Waals surface area contributed by atoms with Crippen molar-refractivity contribution in [3.63, 3.8) is 0 Å². The summed E-state index contributed by atoms with van der Waals surface area (Å²) >= 11 is 1.59. The molecule has 1 heterocycles. The van der Waals surface area contributed by atoms with Gasteiger partial charge in [0.15, 0.2) is 0 Å². The van der Waals surface area contributed by atoms with Gasteiger partial charge < -0.3 is 9.84 Å². The van der Waals surface area contributed by atoms with E-state index in [-0.39, 0.29) is 0 Å². The van der Waals surface area contributed by atoms with Crippen LogP contribution in [0.5, 0.6) is 0 Å². The Morgan fingerprint density at radius 3 is 2.26 bits per heavy atom. The molecule has 1 aliphatic heterocycles. The van der Waals surface area contributed by atoms with Crippen LogP contribution in [0.2, 0.25) is 0 Å². The van der Waals surface area contributed by atoms with Gasteiger partial charge >= 0.3 is 6.09 Å². The van der Waals surface area contributed by atoms with E-state index in [9.17, 15) is 15.2 Å². The van der Waals surface area contributed by atoms with Crippen LogP contribution < -0.4 is 4.90 Å². The fourth-order valence-electron chi connectivity index (χ4n) is 3.79. The normalized spacial score (nSPS) is 15.1. The van der Waals surface area contributed by atoms with Crippen LogP contribution >= 0.6 is 11.8 Å². The molecule has 1 saturated heterocycles. The van der Waals surface area contributed by atoms with E-state index >= 15 is 0 Å². The third kappa shape index (κ3) is 4.58. The molecule has 1 N–H and O–H groups in total. The van der Waals surface area contributed by atoms with Crippen LogP contribution in [0.4, 0.5) is 16.2 Å². The van der Waals surface area contributed by atoms with Crippen molar-refractivity contribution in [2.24, 2.45) is 0 Å². The first-order valence-corrected chi connectivity index (χ1v) is 10.9. The summed E-state index contributed by atoms with van der Waals surface area (Å²) < 4.78 is 5.45. The molecule has 0 atom stereocenters. The number of nitriles is 1. The lowest BCUT2D eigenvalue weighted by Gasteiger charge is -2.31. The van der Waals surface area contributed by atoms with Gasteiger partial charge in [-0.1, -0.05) is 42.1 Å². The lowest BCUT2D eigenvalue weighted by molar-refractivity contribution is 0.0675. The highest BCUT2D eigenvalue weighted by molar-refractivity contribution is 7.99. The number of ether oxygens (including phenoxy) is 1. The summed E-state index contributed by atoms with van der Waals surface area (Å²) in [5, 5.41) is 19.5. The zero-order valence-corrected chi connectivity index (χ0v) is 17.7. The third-order valence-corrected chi connectivity index (χ3v) is 6.48. The summed E-state index contributed by atoms with van der Waals surface area (Å²) in [6.45, 7) is 1.21. The van der Waals surface area contributed by atoms with Crippen LogP contribution in [0.1, 0.15) is 18.4 Å². The largest absolute Gasteiger partial charge is 0.464 e. The van der Waals surface area contributed by atoms with E-state index in [2.05, 4.69) is 12.1 Å². The molecule has 5 nitrogen and oxygen atoms in total. The third-order valence-electron chi connectivity index (χ3n) is 5.48. The average Bonchev–Trinajstić information content (AvgIpc) is 2.81. The molecule has 0 saturated carbocycles. The van der Waals surface area contributed by atoms with Crippen molar-refractivity contribution in [3.8, 4) is 6.07 Å². The van der Waals surface area contributed by atoms with Gasteiger partial charge in [-0.25, -0.2) is 9.69 Å². The van der Waals surface area contributed by atoms with Crippen molar-refractivity contribution < 1.29 is 14.6 Å². The van der Waals surface area contributed by atoms with Gasteiger partial charge in [-0.15, -0.1) is 0 Å². The lowest BCUT2D eigenvalue weighted by atomic mass is 9.75. The molecular weight excluding hydrogens is 408 g/mol. The Balaban J connectivity index is 1.55. The Kier molecular flexibility index (Phi) is 6.26. The van der Waals surface area contributed by atoms with E-state index in [1.807, 2.05) is 60.7 Å². The summed E-state index contributed by atoms with van der Waals surface area (Å²) in [5.41, 5.74) is 1.72. The average molecular weight is 431 g/mol. The second kappa shape index (κ2) is 9.25. The number of carbonyl (C=O) groups is 1. The number of hydrogen-bond acceptors (Lipinski definition) is 4. The monoisotopic (exact) mass is 430 g/mol. The molecule has 0 spiro atoms. The van der Waals surface area contributed by atoms with Gasteiger partial charge in [-0.2, -0.15) is 5.26 Å². The van der Waals surface area contributed by atoms with Crippen molar-refractivity contribution in [3.05, 3.63) is 84.4 Å². The van der Waals surface area contributed by atoms with E-state index < -0.39 is 11.5 Å².